The molecule has 4 heteroatoms. The molecule has 0 aliphatic rings. The number of hydrogen-bond acceptors (Lipinski definition) is 1. The second-order valence-corrected chi connectivity index (χ2v) is 9.43. The number of guanidine groups is 1. The first-order valence-corrected chi connectivity index (χ1v) is 13.5. The van der Waals surface area contributed by atoms with Gasteiger partial charge in [-0.3, -0.25) is 0 Å². The van der Waals surface area contributed by atoms with E-state index in [2.05, 4.69) is 157 Å². The van der Waals surface area contributed by atoms with Crippen LogP contribution in [0.1, 0.15) is 0 Å². The predicted molar refractivity (Wildman–Crippen MR) is 169 cm³/mol. The summed E-state index contributed by atoms with van der Waals surface area (Å²) < 4.78 is 0.265. The van der Waals surface area contributed by atoms with E-state index >= 15 is 0 Å². The van der Waals surface area contributed by atoms with Gasteiger partial charge in [0.05, 0.1) is 17.1 Å². The highest BCUT2D eigenvalue weighted by Gasteiger charge is 2.46. The van der Waals surface area contributed by atoms with E-state index in [1.165, 1.54) is 0 Å². The maximum atomic E-state index is 5.53. The molecule has 0 bridgehead atoms. The number of benzene rings is 6. The molecule has 6 rings (SSSR count). The molecule has 3 nitrogen and oxygen atoms in total. The van der Waals surface area contributed by atoms with Crippen LogP contribution in [0.15, 0.2) is 187 Å². The van der Waals surface area contributed by atoms with Crippen LogP contribution in [-0.2, 0) is 0 Å². The molecular weight excluding hydrogens is 613 g/mol. The third-order valence-electron chi connectivity index (χ3n) is 6.94. The topological polar surface area (TPSA) is 15.6 Å². The van der Waals surface area contributed by atoms with Crippen LogP contribution in [0.3, 0.4) is 0 Å². The molecule has 0 saturated heterocycles. The van der Waals surface area contributed by atoms with Gasteiger partial charge in [0.15, 0.2) is 17.1 Å². The molecule has 6 aromatic rings. The Labute approximate surface area is 259 Å². The largest absolute Gasteiger partial charge is 1.00 e. The van der Waals surface area contributed by atoms with E-state index in [-0.39, 0.29) is 28.5 Å². The van der Waals surface area contributed by atoms with E-state index in [4.69, 9.17) is 4.99 Å². The minimum Gasteiger partial charge on any atom is -1.00 e. The molecule has 6 aromatic carbocycles. The highest BCUT2D eigenvalue weighted by Crippen LogP contribution is 2.47. The Hall–Kier alpha value is -4.52. The van der Waals surface area contributed by atoms with Crippen molar-refractivity contribution in [1.82, 2.24) is 4.48 Å². The molecule has 0 atom stereocenters. The quantitative estimate of drug-likeness (QED) is 0.0813. The minimum atomic E-state index is 0. The van der Waals surface area contributed by atoms with E-state index in [0.717, 1.165) is 40.1 Å². The zero-order valence-electron chi connectivity index (χ0n) is 22.5. The third-order valence-corrected chi connectivity index (χ3v) is 6.94. The summed E-state index contributed by atoms with van der Waals surface area (Å²) >= 11 is 0. The minimum absolute atomic E-state index is 0. The van der Waals surface area contributed by atoms with Gasteiger partial charge >= 0.3 is 5.96 Å². The lowest BCUT2D eigenvalue weighted by Gasteiger charge is -2.41. The van der Waals surface area contributed by atoms with Crippen LogP contribution in [-0.4, -0.2) is 5.96 Å². The number of anilines is 2. The van der Waals surface area contributed by atoms with Crippen molar-refractivity contribution >= 4 is 40.1 Å². The molecule has 41 heavy (non-hydrogen) atoms. The number of nitrogens with zero attached hydrogens (tertiary/aromatic N) is 3. The smallest absolute Gasteiger partial charge is 0.330 e. The van der Waals surface area contributed by atoms with E-state index in [1.807, 2.05) is 30.3 Å². The SMILES string of the molecule is [I-].c1ccc(N=C(N(c2ccccc2)c2ccccc2)[N+](c2ccccc2)(c2ccccc2)c2ccccc2)cc1. The first-order valence-electron chi connectivity index (χ1n) is 13.5. The lowest BCUT2D eigenvalue weighted by Crippen LogP contribution is -3.00. The first kappa shape index (κ1) is 28.0. The van der Waals surface area contributed by atoms with E-state index in [0.29, 0.717) is 0 Å². The van der Waals surface area contributed by atoms with Crippen LogP contribution in [0.25, 0.3) is 0 Å². The van der Waals surface area contributed by atoms with Gasteiger partial charge in [-0.05, 0) is 36.4 Å². The van der Waals surface area contributed by atoms with Crippen LogP contribution in [0.5, 0.6) is 0 Å². The van der Waals surface area contributed by atoms with Crippen molar-refractivity contribution in [3.63, 3.8) is 0 Å². The molecule has 0 unspecified atom stereocenters. The molecule has 200 valence electrons. The summed E-state index contributed by atoms with van der Waals surface area (Å²) in [7, 11) is 0. The summed E-state index contributed by atoms with van der Waals surface area (Å²) in [6, 6.07) is 63.1. The van der Waals surface area contributed by atoms with Crippen molar-refractivity contribution in [2.24, 2.45) is 4.99 Å². The van der Waals surface area contributed by atoms with Gasteiger partial charge in [-0.15, -0.1) is 0 Å². The standard InChI is InChI=1S/C37H30N3.HI/c1-7-19-31(20-8-1)38-37(39(32-21-9-2-10-22-32)33-23-11-3-12-24-33)40(34-25-13-4-14-26-34,35-27-15-5-16-28-35)36-29-17-6-18-30-36;/h1-30H;1H/q+1;/p-1. The van der Waals surface area contributed by atoms with Gasteiger partial charge in [0, 0.05) is 36.4 Å². The molecule has 0 N–H and O–H groups in total. The summed E-state index contributed by atoms with van der Waals surface area (Å²) in [5.41, 5.74) is 6.14. The van der Waals surface area contributed by atoms with Gasteiger partial charge in [0.25, 0.3) is 0 Å². The zero-order valence-corrected chi connectivity index (χ0v) is 24.7. The van der Waals surface area contributed by atoms with Crippen LogP contribution in [0, 0.1) is 0 Å². The number of hydrogen-bond donors (Lipinski definition) is 0. The van der Waals surface area contributed by atoms with Crippen molar-refractivity contribution in [1.29, 1.82) is 0 Å². The fourth-order valence-electron chi connectivity index (χ4n) is 5.18. The highest BCUT2D eigenvalue weighted by molar-refractivity contribution is 6.16. The van der Waals surface area contributed by atoms with Crippen LogP contribution < -0.4 is 33.4 Å². The normalized spacial score (nSPS) is 11.4. The van der Waals surface area contributed by atoms with Gasteiger partial charge in [0.1, 0.15) is 0 Å². The van der Waals surface area contributed by atoms with Gasteiger partial charge < -0.3 is 24.0 Å². The summed E-state index contributed by atoms with van der Waals surface area (Å²) in [4.78, 5) is 7.81. The molecular formula is C37H30IN3. The number of halogens is 1. The predicted octanol–water partition coefficient (Wildman–Crippen LogP) is 7.19. The Morgan fingerprint density at radius 2 is 0.683 bits per heavy atom. The van der Waals surface area contributed by atoms with Crippen LogP contribution in [0.2, 0.25) is 0 Å². The molecule has 0 heterocycles. The first-order chi connectivity index (χ1) is 19.9. The van der Waals surface area contributed by atoms with E-state index < -0.39 is 0 Å². The van der Waals surface area contributed by atoms with Gasteiger partial charge in [-0.2, -0.15) is 9.48 Å². The number of quaternary nitrogens is 1. The monoisotopic (exact) mass is 643 g/mol. The average Bonchev–Trinajstić information content (AvgIpc) is 3.05. The lowest BCUT2D eigenvalue weighted by atomic mass is 10.1. The molecule has 0 saturated carbocycles. The van der Waals surface area contributed by atoms with Crippen molar-refractivity contribution in [3.8, 4) is 0 Å². The van der Waals surface area contributed by atoms with Gasteiger partial charge in [-0.1, -0.05) is 109 Å². The maximum absolute atomic E-state index is 5.53. The van der Waals surface area contributed by atoms with Crippen molar-refractivity contribution < 1.29 is 24.0 Å². The van der Waals surface area contributed by atoms with E-state index in [1.54, 1.807) is 0 Å². The molecule has 0 fully saturated rings. The summed E-state index contributed by atoms with van der Waals surface area (Å²) in [6.07, 6.45) is 0. The summed E-state index contributed by atoms with van der Waals surface area (Å²) in [6.45, 7) is 0. The molecule has 0 aliphatic carbocycles. The number of rotatable bonds is 6. The molecule has 0 amide bonds. The highest BCUT2D eigenvalue weighted by atomic mass is 127. The van der Waals surface area contributed by atoms with Crippen molar-refractivity contribution in [2.45, 2.75) is 0 Å². The Morgan fingerprint density at radius 1 is 0.390 bits per heavy atom. The van der Waals surface area contributed by atoms with Crippen molar-refractivity contribution in [3.05, 3.63) is 182 Å². The Bertz CT molecular complexity index is 1520. The summed E-state index contributed by atoms with van der Waals surface area (Å²) in [5.74, 6) is 0.826. The van der Waals surface area contributed by atoms with Gasteiger partial charge in [0.2, 0.25) is 0 Å². The lowest BCUT2D eigenvalue weighted by molar-refractivity contribution is -0.00000776. The maximum Gasteiger partial charge on any atom is 0.330 e. The molecule has 0 aromatic heterocycles. The molecule has 0 spiro atoms. The molecule has 0 aliphatic heterocycles. The summed E-state index contributed by atoms with van der Waals surface area (Å²) in [5, 5.41) is 0. The zero-order chi connectivity index (χ0) is 27.0. The second kappa shape index (κ2) is 13.2. The van der Waals surface area contributed by atoms with Crippen LogP contribution >= 0.6 is 0 Å². The second-order valence-electron chi connectivity index (χ2n) is 9.43. The fourth-order valence-corrected chi connectivity index (χ4v) is 5.18. The van der Waals surface area contributed by atoms with Gasteiger partial charge in [-0.25, -0.2) is 4.90 Å². The fraction of sp³-hybridized carbons (Fsp3) is 0. The van der Waals surface area contributed by atoms with Crippen molar-refractivity contribution in [2.75, 3.05) is 4.90 Å². The average molecular weight is 644 g/mol. The Kier molecular flexibility index (Phi) is 9.04. The third kappa shape index (κ3) is 5.71. The van der Waals surface area contributed by atoms with Crippen LogP contribution in [0.4, 0.5) is 34.1 Å². The Morgan fingerprint density at radius 3 is 1.02 bits per heavy atom. The number of aliphatic imine (C=N–C) groups is 1. The van der Waals surface area contributed by atoms with E-state index in [9.17, 15) is 0 Å². The molecule has 0 radical (unpaired) electrons. The Balaban J connectivity index is 0.00000337. The number of para-hydroxylation sites is 6.